The molecule has 1 heterocycles. The van der Waals surface area contributed by atoms with Gasteiger partial charge in [0, 0.05) is 25.4 Å². The first kappa shape index (κ1) is 15.0. The third-order valence-electron chi connectivity index (χ3n) is 3.98. The van der Waals surface area contributed by atoms with Gasteiger partial charge in [-0.15, -0.1) is 0 Å². The Morgan fingerprint density at radius 3 is 2.25 bits per heavy atom. The molecule has 5 nitrogen and oxygen atoms in total. The smallest absolute Gasteiger partial charge is 0.309 e. The zero-order chi connectivity index (χ0) is 14.5. The molecule has 1 aliphatic carbocycles. The standard InChI is InChI=1S/C15H23NO4/c1-11(17)3-2-10-20-15(19)13-6-8-16(9-7-13)14(18)12-4-5-12/h12-13H,2-10H2,1H3. The van der Waals surface area contributed by atoms with Crippen LogP contribution in [0.2, 0.25) is 0 Å². The quantitative estimate of drug-likeness (QED) is 0.547. The lowest BCUT2D eigenvalue weighted by molar-refractivity contribution is -0.152. The normalized spacial score (nSPS) is 19.8. The van der Waals surface area contributed by atoms with Crippen LogP contribution in [0.5, 0.6) is 0 Å². The van der Waals surface area contributed by atoms with Gasteiger partial charge in [-0.05, 0) is 39.0 Å². The molecule has 0 bridgehead atoms. The van der Waals surface area contributed by atoms with Crippen LogP contribution in [0, 0.1) is 11.8 Å². The van der Waals surface area contributed by atoms with Gasteiger partial charge in [-0.1, -0.05) is 0 Å². The van der Waals surface area contributed by atoms with Crippen LogP contribution in [0.1, 0.15) is 45.4 Å². The number of piperidine rings is 1. The zero-order valence-corrected chi connectivity index (χ0v) is 12.1. The molecule has 0 aromatic heterocycles. The molecule has 2 rings (SSSR count). The van der Waals surface area contributed by atoms with Crippen LogP contribution >= 0.6 is 0 Å². The molecule has 20 heavy (non-hydrogen) atoms. The molecule has 1 aliphatic heterocycles. The van der Waals surface area contributed by atoms with Gasteiger partial charge >= 0.3 is 5.97 Å². The lowest BCUT2D eigenvalue weighted by Gasteiger charge is -2.31. The number of esters is 1. The van der Waals surface area contributed by atoms with E-state index in [0.717, 1.165) is 12.8 Å². The topological polar surface area (TPSA) is 63.7 Å². The molecule has 0 unspecified atom stereocenters. The first-order valence-corrected chi connectivity index (χ1v) is 7.53. The molecule has 0 spiro atoms. The van der Waals surface area contributed by atoms with Gasteiger partial charge in [0.25, 0.3) is 0 Å². The van der Waals surface area contributed by atoms with E-state index in [1.165, 1.54) is 6.92 Å². The Morgan fingerprint density at radius 2 is 1.70 bits per heavy atom. The molecule has 0 radical (unpaired) electrons. The number of hydrogen-bond acceptors (Lipinski definition) is 4. The number of ether oxygens (including phenoxy) is 1. The molecule has 0 atom stereocenters. The fraction of sp³-hybridized carbons (Fsp3) is 0.800. The molecule has 112 valence electrons. The van der Waals surface area contributed by atoms with Crippen LogP contribution in [0.3, 0.4) is 0 Å². The van der Waals surface area contributed by atoms with Gasteiger partial charge < -0.3 is 14.4 Å². The maximum absolute atomic E-state index is 11.9. The van der Waals surface area contributed by atoms with Crippen molar-refractivity contribution in [3.05, 3.63) is 0 Å². The fourth-order valence-corrected chi connectivity index (χ4v) is 2.54. The predicted molar refractivity (Wildman–Crippen MR) is 72.9 cm³/mol. The second-order valence-corrected chi connectivity index (χ2v) is 5.85. The lowest BCUT2D eigenvalue weighted by Crippen LogP contribution is -2.41. The first-order chi connectivity index (χ1) is 9.58. The highest BCUT2D eigenvalue weighted by Crippen LogP contribution is 2.32. The van der Waals surface area contributed by atoms with Crippen LogP contribution in [0.4, 0.5) is 0 Å². The maximum atomic E-state index is 11.9. The largest absolute Gasteiger partial charge is 0.465 e. The van der Waals surface area contributed by atoms with Crippen LogP contribution in [-0.2, 0) is 19.1 Å². The SMILES string of the molecule is CC(=O)CCCOC(=O)C1CCN(C(=O)C2CC2)CC1. The highest BCUT2D eigenvalue weighted by molar-refractivity contribution is 5.81. The summed E-state index contributed by atoms with van der Waals surface area (Å²) >= 11 is 0. The molecule has 0 N–H and O–H groups in total. The number of carbonyl (C=O) groups is 3. The number of ketones is 1. The van der Waals surface area contributed by atoms with E-state index in [4.69, 9.17) is 4.74 Å². The van der Waals surface area contributed by atoms with Gasteiger partial charge in [0.15, 0.2) is 0 Å². The maximum Gasteiger partial charge on any atom is 0.309 e. The summed E-state index contributed by atoms with van der Waals surface area (Å²) in [6.07, 6.45) is 4.50. The Balaban J connectivity index is 1.63. The Morgan fingerprint density at radius 1 is 1.05 bits per heavy atom. The third-order valence-corrected chi connectivity index (χ3v) is 3.98. The van der Waals surface area contributed by atoms with Crippen molar-refractivity contribution in [2.75, 3.05) is 19.7 Å². The van der Waals surface area contributed by atoms with Crippen LogP contribution in [0.25, 0.3) is 0 Å². The number of Topliss-reactive ketones (excluding diaryl/α,β-unsaturated/α-hetero) is 1. The monoisotopic (exact) mass is 281 g/mol. The van der Waals surface area contributed by atoms with Gasteiger partial charge in [-0.2, -0.15) is 0 Å². The Kier molecular flexibility index (Phi) is 5.15. The van der Waals surface area contributed by atoms with E-state index >= 15 is 0 Å². The van der Waals surface area contributed by atoms with Gasteiger partial charge in [-0.25, -0.2) is 0 Å². The highest BCUT2D eigenvalue weighted by atomic mass is 16.5. The molecule has 1 saturated carbocycles. The van der Waals surface area contributed by atoms with Crippen molar-refractivity contribution in [1.82, 2.24) is 4.90 Å². The summed E-state index contributed by atoms with van der Waals surface area (Å²) in [5, 5.41) is 0. The van der Waals surface area contributed by atoms with Crippen molar-refractivity contribution >= 4 is 17.7 Å². The van der Waals surface area contributed by atoms with E-state index in [2.05, 4.69) is 0 Å². The Hall–Kier alpha value is -1.39. The molecule has 1 saturated heterocycles. The summed E-state index contributed by atoms with van der Waals surface area (Å²) in [7, 11) is 0. The van der Waals surface area contributed by atoms with Crippen molar-refractivity contribution < 1.29 is 19.1 Å². The second kappa shape index (κ2) is 6.86. The minimum absolute atomic E-state index is 0.0874. The van der Waals surface area contributed by atoms with E-state index in [0.29, 0.717) is 45.4 Å². The van der Waals surface area contributed by atoms with E-state index in [-0.39, 0.29) is 29.5 Å². The number of amides is 1. The molecule has 0 aromatic carbocycles. The summed E-state index contributed by atoms with van der Waals surface area (Å²) < 4.78 is 5.19. The highest BCUT2D eigenvalue weighted by Gasteiger charge is 2.36. The van der Waals surface area contributed by atoms with E-state index in [1.54, 1.807) is 0 Å². The molecule has 2 aliphatic rings. The third kappa shape index (κ3) is 4.32. The molecule has 0 aromatic rings. The summed E-state index contributed by atoms with van der Waals surface area (Å²) in [4.78, 5) is 36.4. The molecular weight excluding hydrogens is 258 g/mol. The summed E-state index contributed by atoms with van der Waals surface area (Å²) in [6, 6.07) is 0. The molecule has 5 heteroatoms. The van der Waals surface area contributed by atoms with Crippen molar-refractivity contribution in [2.45, 2.75) is 45.4 Å². The van der Waals surface area contributed by atoms with Crippen LogP contribution in [0.15, 0.2) is 0 Å². The molecule has 1 amide bonds. The zero-order valence-electron chi connectivity index (χ0n) is 12.1. The number of likely N-dealkylation sites (tertiary alicyclic amines) is 1. The Bertz CT molecular complexity index is 381. The van der Waals surface area contributed by atoms with Crippen molar-refractivity contribution in [1.29, 1.82) is 0 Å². The lowest BCUT2D eigenvalue weighted by atomic mass is 9.96. The summed E-state index contributed by atoms with van der Waals surface area (Å²) in [5.74, 6) is 0.374. The van der Waals surface area contributed by atoms with Crippen molar-refractivity contribution in [3.63, 3.8) is 0 Å². The van der Waals surface area contributed by atoms with Crippen LogP contribution < -0.4 is 0 Å². The average Bonchev–Trinajstić information content (AvgIpc) is 3.27. The van der Waals surface area contributed by atoms with E-state index < -0.39 is 0 Å². The number of carbonyl (C=O) groups excluding carboxylic acids is 3. The molecule has 2 fully saturated rings. The van der Waals surface area contributed by atoms with E-state index in [9.17, 15) is 14.4 Å². The average molecular weight is 281 g/mol. The second-order valence-electron chi connectivity index (χ2n) is 5.85. The Labute approximate surface area is 119 Å². The van der Waals surface area contributed by atoms with E-state index in [1.807, 2.05) is 4.90 Å². The minimum Gasteiger partial charge on any atom is -0.465 e. The number of rotatable bonds is 6. The summed E-state index contributed by atoms with van der Waals surface area (Å²) in [5.41, 5.74) is 0. The molecular formula is C15H23NO4. The fourth-order valence-electron chi connectivity index (χ4n) is 2.54. The van der Waals surface area contributed by atoms with Crippen molar-refractivity contribution in [3.8, 4) is 0 Å². The minimum atomic E-state index is -0.174. The first-order valence-electron chi connectivity index (χ1n) is 7.53. The number of hydrogen-bond donors (Lipinski definition) is 0. The van der Waals surface area contributed by atoms with Gasteiger partial charge in [0.05, 0.1) is 12.5 Å². The van der Waals surface area contributed by atoms with Gasteiger partial charge in [-0.3, -0.25) is 9.59 Å². The predicted octanol–water partition coefficient (Wildman–Crippen LogP) is 1.55. The summed E-state index contributed by atoms with van der Waals surface area (Å²) in [6.45, 7) is 3.19. The van der Waals surface area contributed by atoms with Crippen molar-refractivity contribution in [2.24, 2.45) is 11.8 Å². The van der Waals surface area contributed by atoms with Crippen LogP contribution in [-0.4, -0.2) is 42.3 Å². The van der Waals surface area contributed by atoms with Gasteiger partial charge in [0.2, 0.25) is 5.91 Å². The van der Waals surface area contributed by atoms with Gasteiger partial charge in [0.1, 0.15) is 5.78 Å². The number of nitrogens with zero attached hydrogens (tertiary/aromatic N) is 1.